The highest BCUT2D eigenvalue weighted by Crippen LogP contribution is 2.37. The topological polar surface area (TPSA) is 132 Å². The molecule has 0 saturated carbocycles. The summed E-state index contributed by atoms with van der Waals surface area (Å²) in [4.78, 5) is 33.8. The first-order valence-corrected chi connectivity index (χ1v) is 9.37. The Morgan fingerprint density at radius 3 is 2.68 bits per heavy atom. The summed E-state index contributed by atoms with van der Waals surface area (Å²) in [7, 11) is 0. The van der Waals surface area contributed by atoms with Crippen molar-refractivity contribution in [2.75, 3.05) is 18.5 Å². The largest absolute Gasteiger partial charge is 0.490 e. The molecule has 10 heteroatoms. The van der Waals surface area contributed by atoms with Crippen LogP contribution in [0.4, 0.5) is 5.69 Å². The Labute approximate surface area is 177 Å². The minimum atomic E-state index is -0.499. The standard InChI is InChI=1S/C21H20N4O6/c1-3-30-19-9-14(8-16-10-18(25(28)29)12-31-20(16)19)11-22-24-21(27)15-4-6-17(7-5-15)23-13(2)26/h4-11H,3,12H2,1-2H3,(H,23,26)(H,24,27)/b22-11+. The summed E-state index contributed by atoms with van der Waals surface area (Å²) in [5.41, 5.74) is 4.34. The van der Waals surface area contributed by atoms with Gasteiger partial charge in [0.15, 0.2) is 18.1 Å². The van der Waals surface area contributed by atoms with Crippen LogP contribution in [0.2, 0.25) is 0 Å². The van der Waals surface area contributed by atoms with Crippen molar-refractivity contribution in [2.24, 2.45) is 5.10 Å². The van der Waals surface area contributed by atoms with E-state index in [1.807, 2.05) is 6.92 Å². The Morgan fingerprint density at radius 1 is 1.29 bits per heavy atom. The quantitative estimate of drug-likeness (QED) is 0.399. The highest BCUT2D eigenvalue weighted by Gasteiger charge is 2.23. The van der Waals surface area contributed by atoms with E-state index in [0.717, 1.165) is 0 Å². The number of nitrogens with one attached hydrogen (secondary N) is 2. The molecular formula is C21H20N4O6. The van der Waals surface area contributed by atoms with Crippen molar-refractivity contribution >= 4 is 29.8 Å². The lowest BCUT2D eigenvalue weighted by atomic mass is 10.1. The third-order valence-corrected chi connectivity index (χ3v) is 4.17. The molecule has 1 aliphatic rings. The van der Waals surface area contributed by atoms with E-state index in [0.29, 0.717) is 40.5 Å². The van der Waals surface area contributed by atoms with Crippen LogP contribution in [0.5, 0.6) is 11.5 Å². The second-order valence-corrected chi connectivity index (χ2v) is 6.51. The van der Waals surface area contributed by atoms with Gasteiger partial charge in [0.2, 0.25) is 5.91 Å². The Morgan fingerprint density at radius 2 is 2.03 bits per heavy atom. The minimum Gasteiger partial charge on any atom is -0.490 e. The number of benzene rings is 2. The summed E-state index contributed by atoms with van der Waals surface area (Å²) in [5.74, 6) is 0.212. The minimum absolute atomic E-state index is 0.0694. The van der Waals surface area contributed by atoms with Crippen molar-refractivity contribution in [3.05, 3.63) is 68.9 Å². The van der Waals surface area contributed by atoms with Crippen LogP contribution < -0.4 is 20.2 Å². The van der Waals surface area contributed by atoms with Gasteiger partial charge in [0.05, 0.1) is 17.7 Å². The van der Waals surface area contributed by atoms with Crippen LogP contribution in [0.3, 0.4) is 0 Å². The molecule has 0 radical (unpaired) electrons. The van der Waals surface area contributed by atoms with Gasteiger partial charge in [0.25, 0.3) is 11.6 Å². The monoisotopic (exact) mass is 424 g/mol. The number of hydrazone groups is 1. The van der Waals surface area contributed by atoms with Crippen LogP contribution in [0, 0.1) is 10.1 Å². The molecule has 31 heavy (non-hydrogen) atoms. The van der Waals surface area contributed by atoms with E-state index in [4.69, 9.17) is 9.47 Å². The van der Waals surface area contributed by atoms with Gasteiger partial charge in [-0.15, -0.1) is 0 Å². The van der Waals surface area contributed by atoms with Crippen LogP contribution in [0.1, 0.15) is 35.3 Å². The predicted molar refractivity (Wildman–Crippen MR) is 114 cm³/mol. The predicted octanol–water partition coefficient (Wildman–Crippen LogP) is 2.82. The van der Waals surface area contributed by atoms with Crippen LogP contribution in [0.25, 0.3) is 6.08 Å². The van der Waals surface area contributed by atoms with Gasteiger partial charge in [0, 0.05) is 29.8 Å². The maximum Gasteiger partial charge on any atom is 0.284 e. The molecule has 0 aliphatic carbocycles. The van der Waals surface area contributed by atoms with Gasteiger partial charge in [0.1, 0.15) is 0 Å². The molecule has 0 spiro atoms. The number of ether oxygens (including phenoxy) is 2. The Hall–Kier alpha value is -4.21. The van der Waals surface area contributed by atoms with Crippen molar-refractivity contribution in [1.82, 2.24) is 5.43 Å². The number of carbonyl (C=O) groups excluding carboxylic acids is 2. The molecule has 0 aromatic heterocycles. The van der Waals surface area contributed by atoms with Gasteiger partial charge in [-0.3, -0.25) is 19.7 Å². The third kappa shape index (κ3) is 5.44. The molecule has 160 valence electrons. The number of amides is 2. The van der Waals surface area contributed by atoms with E-state index in [1.54, 1.807) is 36.4 Å². The highest BCUT2D eigenvalue weighted by atomic mass is 16.6. The van der Waals surface area contributed by atoms with E-state index in [9.17, 15) is 19.7 Å². The molecule has 0 atom stereocenters. The molecule has 10 nitrogen and oxygen atoms in total. The lowest BCUT2D eigenvalue weighted by Crippen LogP contribution is -2.18. The average Bonchev–Trinajstić information content (AvgIpc) is 2.73. The molecule has 2 aromatic carbocycles. The fourth-order valence-corrected chi connectivity index (χ4v) is 2.86. The second-order valence-electron chi connectivity index (χ2n) is 6.51. The molecule has 2 aromatic rings. The first kappa shape index (κ1) is 21.5. The number of rotatable bonds is 7. The molecule has 1 heterocycles. The zero-order chi connectivity index (χ0) is 22.4. The van der Waals surface area contributed by atoms with Crippen LogP contribution in [-0.4, -0.2) is 36.2 Å². The van der Waals surface area contributed by atoms with Gasteiger partial charge in [-0.1, -0.05) is 0 Å². The molecule has 0 unspecified atom stereocenters. The summed E-state index contributed by atoms with van der Waals surface area (Å²) in [5, 5.41) is 17.6. The van der Waals surface area contributed by atoms with Crippen LogP contribution in [0.15, 0.2) is 47.2 Å². The number of hydrogen-bond acceptors (Lipinski definition) is 7. The lowest BCUT2D eigenvalue weighted by molar-refractivity contribution is -0.427. The zero-order valence-electron chi connectivity index (χ0n) is 16.9. The number of nitro groups is 1. The number of anilines is 1. The highest BCUT2D eigenvalue weighted by molar-refractivity contribution is 5.96. The first-order chi connectivity index (χ1) is 14.9. The molecular weight excluding hydrogens is 404 g/mol. The molecule has 3 rings (SSSR count). The van der Waals surface area contributed by atoms with Gasteiger partial charge >= 0.3 is 0 Å². The summed E-state index contributed by atoms with van der Waals surface area (Å²) >= 11 is 0. The van der Waals surface area contributed by atoms with Crippen molar-refractivity contribution in [3.8, 4) is 11.5 Å². The fraction of sp³-hybridized carbons (Fsp3) is 0.190. The van der Waals surface area contributed by atoms with Gasteiger partial charge in [-0.05, 0) is 48.9 Å². The molecule has 0 saturated heterocycles. The molecule has 0 fully saturated rings. The smallest absolute Gasteiger partial charge is 0.284 e. The average molecular weight is 424 g/mol. The van der Waals surface area contributed by atoms with E-state index in [-0.39, 0.29) is 18.2 Å². The van der Waals surface area contributed by atoms with Crippen LogP contribution in [-0.2, 0) is 4.79 Å². The number of hydrogen-bond donors (Lipinski definition) is 2. The normalized spacial score (nSPS) is 12.4. The summed E-state index contributed by atoms with van der Waals surface area (Å²) < 4.78 is 11.1. The third-order valence-electron chi connectivity index (χ3n) is 4.17. The maximum absolute atomic E-state index is 12.2. The zero-order valence-corrected chi connectivity index (χ0v) is 16.9. The SMILES string of the molecule is CCOc1cc(/C=N/NC(=O)c2ccc(NC(C)=O)cc2)cc2c1OCC([N+](=O)[O-])=C2. The summed E-state index contributed by atoms with van der Waals surface area (Å²) in [6, 6.07) is 9.66. The van der Waals surface area contributed by atoms with Crippen molar-refractivity contribution in [2.45, 2.75) is 13.8 Å². The fourth-order valence-electron chi connectivity index (χ4n) is 2.86. The molecule has 0 bridgehead atoms. The van der Waals surface area contributed by atoms with E-state index in [2.05, 4.69) is 15.8 Å². The van der Waals surface area contributed by atoms with Crippen molar-refractivity contribution in [1.29, 1.82) is 0 Å². The maximum atomic E-state index is 12.2. The number of nitrogens with zero attached hydrogens (tertiary/aromatic N) is 2. The Kier molecular flexibility index (Phi) is 6.61. The lowest BCUT2D eigenvalue weighted by Gasteiger charge is -2.18. The molecule has 2 N–H and O–H groups in total. The molecule has 1 aliphatic heterocycles. The molecule has 2 amide bonds. The number of fused-ring (bicyclic) bond motifs is 1. The van der Waals surface area contributed by atoms with Crippen LogP contribution >= 0.6 is 0 Å². The van der Waals surface area contributed by atoms with Crippen molar-refractivity contribution < 1.29 is 24.0 Å². The van der Waals surface area contributed by atoms with E-state index < -0.39 is 10.8 Å². The van der Waals surface area contributed by atoms with Gasteiger partial charge in [-0.2, -0.15) is 5.10 Å². The van der Waals surface area contributed by atoms with Gasteiger partial charge < -0.3 is 14.8 Å². The Balaban J connectivity index is 1.75. The summed E-state index contributed by atoms with van der Waals surface area (Å²) in [6.07, 6.45) is 2.83. The van der Waals surface area contributed by atoms with Gasteiger partial charge in [-0.25, -0.2) is 5.43 Å². The van der Waals surface area contributed by atoms with E-state index >= 15 is 0 Å². The first-order valence-electron chi connectivity index (χ1n) is 9.37. The Bertz CT molecular complexity index is 1080. The number of carbonyl (C=O) groups is 2. The summed E-state index contributed by atoms with van der Waals surface area (Å²) in [6.45, 7) is 3.44. The second kappa shape index (κ2) is 9.53. The van der Waals surface area contributed by atoms with Crippen molar-refractivity contribution in [3.63, 3.8) is 0 Å². The van der Waals surface area contributed by atoms with E-state index in [1.165, 1.54) is 19.2 Å².